The lowest BCUT2D eigenvalue weighted by Gasteiger charge is -2.26. The van der Waals surface area contributed by atoms with Crippen molar-refractivity contribution in [3.8, 4) is 0 Å². The number of non-ortho nitro benzene ring substituents is 1. The van der Waals surface area contributed by atoms with E-state index in [0.717, 1.165) is 19.6 Å². The molecule has 4 nitrogen and oxygen atoms in total. The number of likely N-dealkylation sites (N-methyl/N-ethyl adjacent to an activating group) is 1. The van der Waals surface area contributed by atoms with E-state index in [1.54, 1.807) is 6.07 Å². The predicted octanol–water partition coefficient (Wildman–Crippen LogP) is 2.89. The van der Waals surface area contributed by atoms with Crippen LogP contribution in [-0.2, 0) is 0 Å². The summed E-state index contributed by atoms with van der Waals surface area (Å²) >= 11 is 0. The Morgan fingerprint density at radius 1 is 1.28 bits per heavy atom. The molecule has 1 aliphatic carbocycles. The van der Waals surface area contributed by atoms with Crippen LogP contribution < -0.4 is 0 Å². The average molecular weight is 246 g/mol. The largest absolute Gasteiger partial charge is 0.302 e. The lowest BCUT2D eigenvalue weighted by Crippen LogP contribution is -2.27. The van der Waals surface area contributed by atoms with Crippen LogP contribution in [0.2, 0.25) is 0 Å². The van der Waals surface area contributed by atoms with E-state index in [9.17, 15) is 10.1 Å². The Kier molecular flexibility index (Phi) is 2.82. The molecule has 2 aliphatic heterocycles. The quantitative estimate of drug-likeness (QED) is 0.595. The molecule has 1 aromatic carbocycles. The fourth-order valence-electron chi connectivity index (χ4n) is 3.45. The summed E-state index contributed by atoms with van der Waals surface area (Å²) in [5.74, 6) is 1.05. The Bertz CT molecular complexity index is 487. The minimum atomic E-state index is -0.281. The Balaban J connectivity index is 2.04. The molecule has 0 aromatic heterocycles. The minimum absolute atomic E-state index is 0.240. The van der Waals surface area contributed by atoms with E-state index in [2.05, 4.69) is 11.8 Å². The smallest absolute Gasteiger partial charge is 0.269 e. The first-order valence-corrected chi connectivity index (χ1v) is 6.69. The van der Waals surface area contributed by atoms with Gasteiger partial charge in [-0.3, -0.25) is 10.1 Å². The third-order valence-corrected chi connectivity index (χ3v) is 4.43. The van der Waals surface area contributed by atoms with Crippen molar-refractivity contribution in [2.45, 2.75) is 31.6 Å². The molecule has 4 rings (SSSR count). The molecule has 0 amide bonds. The van der Waals surface area contributed by atoms with Gasteiger partial charge in [-0.15, -0.1) is 0 Å². The SMILES string of the molecule is CCN1CC2CCC(C1)c1cc([N+](=O)[O-])ccc12. The second-order valence-electron chi connectivity index (χ2n) is 5.39. The first-order chi connectivity index (χ1) is 8.69. The lowest BCUT2D eigenvalue weighted by atomic mass is 9.78. The molecule has 3 aliphatic rings. The van der Waals surface area contributed by atoms with Gasteiger partial charge in [0, 0.05) is 25.2 Å². The van der Waals surface area contributed by atoms with Gasteiger partial charge in [0.05, 0.1) is 4.92 Å². The highest BCUT2D eigenvalue weighted by Crippen LogP contribution is 2.43. The fourth-order valence-corrected chi connectivity index (χ4v) is 3.45. The molecule has 2 bridgehead atoms. The van der Waals surface area contributed by atoms with Gasteiger partial charge in [0.15, 0.2) is 0 Å². The van der Waals surface area contributed by atoms with Crippen molar-refractivity contribution in [2.75, 3.05) is 19.6 Å². The van der Waals surface area contributed by atoms with E-state index in [1.807, 2.05) is 12.1 Å². The van der Waals surface area contributed by atoms with Gasteiger partial charge in [-0.2, -0.15) is 0 Å². The zero-order chi connectivity index (χ0) is 12.7. The maximum absolute atomic E-state index is 10.9. The summed E-state index contributed by atoms with van der Waals surface area (Å²) in [4.78, 5) is 13.1. The second-order valence-corrected chi connectivity index (χ2v) is 5.39. The molecule has 18 heavy (non-hydrogen) atoms. The molecular weight excluding hydrogens is 228 g/mol. The number of rotatable bonds is 2. The van der Waals surface area contributed by atoms with E-state index in [-0.39, 0.29) is 10.6 Å². The van der Waals surface area contributed by atoms with Gasteiger partial charge in [0.1, 0.15) is 0 Å². The van der Waals surface area contributed by atoms with Crippen molar-refractivity contribution < 1.29 is 4.92 Å². The lowest BCUT2D eigenvalue weighted by molar-refractivity contribution is -0.385. The fraction of sp³-hybridized carbons (Fsp3) is 0.571. The summed E-state index contributed by atoms with van der Waals surface area (Å²) < 4.78 is 0. The van der Waals surface area contributed by atoms with Gasteiger partial charge in [-0.25, -0.2) is 0 Å². The first kappa shape index (κ1) is 11.7. The topological polar surface area (TPSA) is 46.4 Å². The molecule has 2 heterocycles. The molecule has 1 saturated heterocycles. The standard InChI is InChI=1S/C14H18N2O2/c1-2-15-8-10-3-4-11(9-15)14-7-12(16(17)18)5-6-13(10)14/h5-7,10-11H,2-4,8-9H2,1H3. The van der Waals surface area contributed by atoms with E-state index >= 15 is 0 Å². The predicted molar refractivity (Wildman–Crippen MR) is 69.9 cm³/mol. The highest BCUT2D eigenvalue weighted by molar-refractivity contribution is 5.45. The van der Waals surface area contributed by atoms with Crippen LogP contribution in [0.5, 0.6) is 0 Å². The molecule has 0 radical (unpaired) electrons. The summed E-state index contributed by atoms with van der Waals surface area (Å²) in [7, 11) is 0. The van der Waals surface area contributed by atoms with Crippen LogP contribution in [0, 0.1) is 10.1 Å². The van der Waals surface area contributed by atoms with Gasteiger partial charge in [-0.1, -0.05) is 13.0 Å². The molecule has 2 atom stereocenters. The van der Waals surface area contributed by atoms with Crippen molar-refractivity contribution in [3.63, 3.8) is 0 Å². The summed E-state index contributed by atoms with van der Waals surface area (Å²) in [5, 5.41) is 10.9. The molecular formula is C14H18N2O2. The van der Waals surface area contributed by atoms with Crippen molar-refractivity contribution in [1.82, 2.24) is 4.90 Å². The van der Waals surface area contributed by atoms with Gasteiger partial charge in [-0.05, 0) is 42.3 Å². The number of fused-ring (bicyclic) bond motifs is 3. The van der Waals surface area contributed by atoms with Crippen molar-refractivity contribution in [2.24, 2.45) is 0 Å². The van der Waals surface area contributed by atoms with Gasteiger partial charge >= 0.3 is 0 Å². The van der Waals surface area contributed by atoms with Crippen molar-refractivity contribution in [1.29, 1.82) is 0 Å². The van der Waals surface area contributed by atoms with E-state index in [1.165, 1.54) is 24.0 Å². The number of nitro groups is 1. The minimum Gasteiger partial charge on any atom is -0.302 e. The van der Waals surface area contributed by atoms with Crippen LogP contribution in [0.1, 0.15) is 42.7 Å². The number of nitro benzene ring substituents is 1. The second kappa shape index (κ2) is 4.35. The highest BCUT2D eigenvalue weighted by atomic mass is 16.6. The number of hydrogen-bond donors (Lipinski definition) is 0. The van der Waals surface area contributed by atoms with Crippen LogP contribution in [0.25, 0.3) is 0 Å². The Labute approximate surface area is 107 Å². The van der Waals surface area contributed by atoms with Crippen molar-refractivity contribution in [3.05, 3.63) is 39.4 Å². The van der Waals surface area contributed by atoms with Crippen LogP contribution in [0.4, 0.5) is 5.69 Å². The van der Waals surface area contributed by atoms with Crippen LogP contribution in [-0.4, -0.2) is 29.5 Å². The molecule has 0 spiro atoms. The number of hydrogen-bond acceptors (Lipinski definition) is 3. The van der Waals surface area contributed by atoms with E-state index in [0.29, 0.717) is 11.8 Å². The number of nitrogens with zero attached hydrogens (tertiary/aromatic N) is 2. The normalized spacial score (nSPS) is 26.7. The molecule has 0 saturated carbocycles. The summed E-state index contributed by atoms with van der Waals surface area (Å²) in [6.07, 6.45) is 2.40. The monoisotopic (exact) mass is 246 g/mol. The maximum Gasteiger partial charge on any atom is 0.269 e. The zero-order valence-corrected chi connectivity index (χ0v) is 10.6. The van der Waals surface area contributed by atoms with E-state index in [4.69, 9.17) is 0 Å². The Hall–Kier alpha value is -1.42. The average Bonchev–Trinajstić information content (AvgIpc) is 2.68. The van der Waals surface area contributed by atoms with Gasteiger partial charge in [0.25, 0.3) is 5.69 Å². The summed E-state index contributed by atoms with van der Waals surface area (Å²) in [5.41, 5.74) is 2.83. The van der Waals surface area contributed by atoms with Crippen LogP contribution >= 0.6 is 0 Å². The zero-order valence-electron chi connectivity index (χ0n) is 10.6. The third-order valence-electron chi connectivity index (χ3n) is 4.43. The molecule has 4 heteroatoms. The van der Waals surface area contributed by atoms with E-state index < -0.39 is 0 Å². The molecule has 96 valence electrons. The molecule has 1 aromatic rings. The third kappa shape index (κ3) is 1.81. The highest BCUT2D eigenvalue weighted by Gasteiger charge is 2.34. The Morgan fingerprint density at radius 2 is 1.94 bits per heavy atom. The van der Waals surface area contributed by atoms with Gasteiger partial charge in [0.2, 0.25) is 0 Å². The van der Waals surface area contributed by atoms with Crippen LogP contribution in [0.15, 0.2) is 18.2 Å². The molecule has 0 N–H and O–H groups in total. The van der Waals surface area contributed by atoms with Crippen molar-refractivity contribution >= 4 is 5.69 Å². The Morgan fingerprint density at radius 3 is 2.56 bits per heavy atom. The first-order valence-electron chi connectivity index (χ1n) is 6.69. The summed E-state index contributed by atoms with van der Waals surface area (Å²) in [6.45, 7) is 5.43. The number of benzene rings is 1. The maximum atomic E-state index is 10.9. The molecule has 2 unspecified atom stereocenters. The molecule has 1 fully saturated rings. The van der Waals surface area contributed by atoms with Crippen LogP contribution in [0.3, 0.4) is 0 Å². The summed E-state index contributed by atoms with van der Waals surface area (Å²) in [6, 6.07) is 5.46. The van der Waals surface area contributed by atoms with Gasteiger partial charge < -0.3 is 4.90 Å².